The van der Waals surface area contributed by atoms with Crippen LogP contribution in [0, 0.1) is 20.2 Å². The third-order valence-corrected chi connectivity index (χ3v) is 7.54. The molecule has 0 bridgehead atoms. The molecule has 0 spiro atoms. The van der Waals surface area contributed by atoms with Crippen LogP contribution < -0.4 is 0 Å². The molecule has 0 radical (unpaired) electrons. The number of aryl methyl sites for hydroxylation is 1. The van der Waals surface area contributed by atoms with Crippen molar-refractivity contribution in [3.8, 4) is 22.5 Å². The van der Waals surface area contributed by atoms with E-state index >= 15 is 0 Å². The molecule has 0 N–H and O–H groups in total. The Hall–Kier alpha value is -5.73. The molecule has 292 valence electrons. The Morgan fingerprint density at radius 1 is 0.944 bits per heavy atom. The first kappa shape index (κ1) is 42.7. The summed E-state index contributed by atoms with van der Waals surface area (Å²) in [6, 6.07) is 15.5. The second kappa shape index (κ2) is 23.0. The maximum absolute atomic E-state index is 12.0. The zero-order valence-corrected chi connectivity index (χ0v) is 30.7. The molecule has 20 nitrogen and oxygen atoms in total. The molecule has 4 aromatic rings. The molecule has 2 aromatic heterocycles. The molecule has 0 aliphatic carbocycles. The van der Waals surface area contributed by atoms with E-state index in [0.717, 1.165) is 58.4 Å². The number of imidazole rings is 1. The topological polar surface area (TPSA) is 237 Å². The molecule has 2 heterocycles. The summed E-state index contributed by atoms with van der Waals surface area (Å²) in [5.74, 6) is 1.11. The summed E-state index contributed by atoms with van der Waals surface area (Å²) < 4.78 is 21.7. The highest BCUT2D eigenvalue weighted by atomic mass is 35.5. The number of rotatable bonds is 22. The molecule has 1 unspecified atom stereocenters. The predicted octanol–water partition coefficient (Wildman–Crippen LogP) is 5.19. The predicted molar refractivity (Wildman–Crippen MR) is 189 cm³/mol. The summed E-state index contributed by atoms with van der Waals surface area (Å²) in [6.45, 7) is 4.33. The molecule has 0 saturated heterocycles. The monoisotopic (exact) mass is 776 g/mol. The number of ether oxygens (including phenoxy) is 4. The first-order valence-electron chi connectivity index (χ1n) is 16.7. The highest BCUT2D eigenvalue weighted by molar-refractivity contribution is 6.31. The fourth-order valence-corrected chi connectivity index (χ4v) is 4.95. The van der Waals surface area contributed by atoms with Crippen LogP contribution in [-0.2, 0) is 41.6 Å². The third kappa shape index (κ3) is 14.0. The van der Waals surface area contributed by atoms with Gasteiger partial charge in [0, 0.05) is 32.2 Å². The van der Waals surface area contributed by atoms with Gasteiger partial charge in [0.2, 0.25) is 12.1 Å². The van der Waals surface area contributed by atoms with Gasteiger partial charge in [-0.15, -0.1) is 35.2 Å². The lowest BCUT2D eigenvalue weighted by Crippen LogP contribution is -2.19. The number of nitrogens with zero attached hydrogens (tertiary/aromatic N) is 8. The molecular formula is C33H41ClN8O12. The van der Waals surface area contributed by atoms with Gasteiger partial charge in [0.1, 0.15) is 24.7 Å². The highest BCUT2D eigenvalue weighted by Crippen LogP contribution is 2.30. The van der Waals surface area contributed by atoms with E-state index in [1.165, 1.54) is 7.11 Å². The van der Waals surface area contributed by atoms with Gasteiger partial charge in [0.25, 0.3) is 10.2 Å². The first-order valence-corrected chi connectivity index (χ1v) is 17.1. The van der Waals surface area contributed by atoms with Crippen LogP contribution in [0.2, 0.25) is 5.15 Å². The van der Waals surface area contributed by atoms with Crippen molar-refractivity contribution in [2.75, 3.05) is 46.8 Å². The van der Waals surface area contributed by atoms with Crippen LogP contribution in [0.3, 0.4) is 0 Å². The quantitative estimate of drug-likeness (QED) is 0.0328. The van der Waals surface area contributed by atoms with Crippen molar-refractivity contribution >= 4 is 24.0 Å². The molecule has 1 atom stereocenters. The fourth-order valence-electron chi connectivity index (χ4n) is 4.70. The van der Waals surface area contributed by atoms with Crippen LogP contribution in [0.25, 0.3) is 22.5 Å². The van der Waals surface area contributed by atoms with Crippen molar-refractivity contribution in [3.05, 3.63) is 91.0 Å². The number of benzene rings is 2. The van der Waals surface area contributed by atoms with Gasteiger partial charge in [0.15, 0.2) is 11.4 Å². The minimum Gasteiger partial charge on any atom is -0.432 e. The number of tetrazole rings is 1. The molecule has 0 amide bonds. The maximum atomic E-state index is 12.0. The standard InChI is InChI=1S/C29H32ClN7O8.C4H9NO4/c1-3-4-9-26-31-27(30)25(19-38)35(26)18-21-10-12-22(13-11-21)23-7-5-6-8-24(23)28-32-34-36(33-28)20(2)45-29(39)43-16-14-42-15-17-44-37(40)41;1-8-3-2-4-9-5(6)7/h5-8,10-13,19-20H,3-4,9,14-18H2,1-2H3;2-4H2,1H3. The Bertz CT molecular complexity index is 1790. The van der Waals surface area contributed by atoms with Crippen LogP contribution in [0.4, 0.5) is 4.79 Å². The minimum atomic E-state index is -0.970. The number of hydrogen-bond acceptors (Lipinski definition) is 16. The van der Waals surface area contributed by atoms with E-state index in [1.54, 1.807) is 6.92 Å². The summed E-state index contributed by atoms with van der Waals surface area (Å²) in [5.41, 5.74) is 3.84. The summed E-state index contributed by atoms with van der Waals surface area (Å²) in [4.78, 5) is 57.0. The number of halogens is 1. The normalized spacial score (nSPS) is 11.2. The summed E-state index contributed by atoms with van der Waals surface area (Å²) in [6.07, 6.45) is 2.07. The zero-order valence-electron chi connectivity index (χ0n) is 29.9. The van der Waals surface area contributed by atoms with E-state index in [4.69, 9.17) is 25.8 Å². The number of unbranched alkanes of at least 4 members (excludes halogenated alkanes) is 1. The largest absolute Gasteiger partial charge is 0.510 e. The van der Waals surface area contributed by atoms with Crippen molar-refractivity contribution in [2.45, 2.75) is 52.3 Å². The molecule has 21 heteroatoms. The zero-order chi connectivity index (χ0) is 39.3. The Morgan fingerprint density at radius 2 is 1.63 bits per heavy atom. The maximum Gasteiger partial charge on any atom is 0.510 e. The molecule has 4 rings (SSSR count). The smallest absolute Gasteiger partial charge is 0.432 e. The lowest BCUT2D eigenvalue weighted by atomic mass is 9.98. The lowest BCUT2D eigenvalue weighted by Gasteiger charge is -2.12. The van der Waals surface area contributed by atoms with Gasteiger partial charge in [-0.2, -0.15) is 0 Å². The molecule has 0 fully saturated rings. The second-order valence-electron chi connectivity index (χ2n) is 11.1. The van der Waals surface area contributed by atoms with Crippen LogP contribution >= 0.6 is 11.6 Å². The second-order valence-corrected chi connectivity index (χ2v) is 11.4. The van der Waals surface area contributed by atoms with Gasteiger partial charge in [-0.3, -0.25) is 4.79 Å². The Morgan fingerprint density at radius 3 is 2.30 bits per heavy atom. The highest BCUT2D eigenvalue weighted by Gasteiger charge is 2.19. The van der Waals surface area contributed by atoms with Crippen molar-refractivity contribution in [2.24, 2.45) is 0 Å². The number of methoxy groups -OCH3 is 1. The summed E-state index contributed by atoms with van der Waals surface area (Å²) in [5, 5.41) is 30.7. The van der Waals surface area contributed by atoms with Gasteiger partial charge < -0.3 is 33.2 Å². The Balaban J connectivity index is 0.000000772. The van der Waals surface area contributed by atoms with E-state index in [-0.39, 0.29) is 38.2 Å². The van der Waals surface area contributed by atoms with Crippen LogP contribution in [0.5, 0.6) is 0 Å². The molecule has 54 heavy (non-hydrogen) atoms. The van der Waals surface area contributed by atoms with E-state index in [1.807, 2.05) is 53.1 Å². The van der Waals surface area contributed by atoms with E-state index in [0.29, 0.717) is 31.1 Å². The van der Waals surface area contributed by atoms with Crippen molar-refractivity contribution in [1.29, 1.82) is 0 Å². The van der Waals surface area contributed by atoms with Crippen LogP contribution in [0.15, 0.2) is 48.5 Å². The number of carbonyl (C=O) groups excluding carboxylic acids is 2. The SMILES string of the molecule is CCCCc1nc(Cl)c(C=O)n1Cc1ccc(-c2ccccc2-c2nnn(C(C)OC(=O)OCCOCCO[N+](=O)[O-])n2)cc1.COCCCO[N+](=O)[O-]. The number of hydrogen-bond donors (Lipinski definition) is 0. The van der Waals surface area contributed by atoms with Gasteiger partial charge >= 0.3 is 6.16 Å². The minimum absolute atomic E-state index is 0.00568. The summed E-state index contributed by atoms with van der Waals surface area (Å²) >= 11 is 6.23. The van der Waals surface area contributed by atoms with Crippen molar-refractivity contribution in [3.63, 3.8) is 0 Å². The molecular weight excluding hydrogens is 736 g/mol. The van der Waals surface area contributed by atoms with Crippen molar-refractivity contribution < 1.29 is 48.4 Å². The third-order valence-electron chi connectivity index (χ3n) is 7.26. The fraction of sp³-hybridized carbons (Fsp3) is 0.455. The first-order chi connectivity index (χ1) is 26.1. The van der Waals surface area contributed by atoms with Crippen LogP contribution in [0.1, 0.15) is 61.2 Å². The Labute approximate surface area is 314 Å². The van der Waals surface area contributed by atoms with E-state index < -0.39 is 22.6 Å². The lowest BCUT2D eigenvalue weighted by molar-refractivity contribution is -0.758. The van der Waals surface area contributed by atoms with Gasteiger partial charge in [-0.1, -0.05) is 73.5 Å². The number of aromatic nitrogens is 6. The van der Waals surface area contributed by atoms with Gasteiger partial charge in [-0.05, 0) is 41.7 Å². The van der Waals surface area contributed by atoms with Crippen LogP contribution in [-0.4, -0.2) is 99.1 Å². The summed E-state index contributed by atoms with van der Waals surface area (Å²) in [7, 11) is 1.53. The van der Waals surface area contributed by atoms with Gasteiger partial charge in [0.05, 0.1) is 19.8 Å². The van der Waals surface area contributed by atoms with Crippen molar-refractivity contribution in [1.82, 2.24) is 29.8 Å². The average molecular weight is 777 g/mol. The van der Waals surface area contributed by atoms with E-state index in [9.17, 15) is 29.8 Å². The number of carbonyl (C=O) groups is 2. The molecule has 0 aliphatic rings. The molecule has 0 aliphatic heterocycles. The molecule has 2 aromatic carbocycles. The molecule has 0 saturated carbocycles. The van der Waals surface area contributed by atoms with E-state index in [2.05, 4.69) is 41.7 Å². The van der Waals surface area contributed by atoms with Gasteiger partial charge in [-0.25, -0.2) is 9.78 Å². The number of aldehydes is 1. The Kier molecular flexibility index (Phi) is 18.2. The average Bonchev–Trinajstić information content (AvgIpc) is 3.77.